The first kappa shape index (κ1) is 9.01. The quantitative estimate of drug-likeness (QED) is 0.506. The SMILES string of the molecule is C=COC(=O)c1ccc(C#N)cc1. The molecule has 0 aromatic heterocycles. The summed E-state index contributed by atoms with van der Waals surface area (Å²) in [5, 5.41) is 8.49. The van der Waals surface area contributed by atoms with Crippen LogP contribution in [0.2, 0.25) is 0 Å². The molecule has 0 atom stereocenters. The summed E-state index contributed by atoms with van der Waals surface area (Å²) < 4.78 is 4.54. The van der Waals surface area contributed by atoms with E-state index >= 15 is 0 Å². The molecule has 3 heteroatoms. The third kappa shape index (κ3) is 2.17. The zero-order valence-electron chi connectivity index (χ0n) is 6.86. The first-order chi connectivity index (χ1) is 6.27. The normalized spacial score (nSPS) is 8.54. The summed E-state index contributed by atoms with van der Waals surface area (Å²) in [4.78, 5) is 11.1. The van der Waals surface area contributed by atoms with Crippen LogP contribution in [-0.4, -0.2) is 5.97 Å². The molecule has 0 fully saturated rings. The molecule has 0 aliphatic rings. The highest BCUT2D eigenvalue weighted by molar-refractivity contribution is 5.89. The van der Waals surface area contributed by atoms with Gasteiger partial charge in [0.1, 0.15) is 0 Å². The number of hydrogen-bond acceptors (Lipinski definition) is 3. The second kappa shape index (κ2) is 4.07. The van der Waals surface area contributed by atoms with Crippen molar-refractivity contribution in [3.63, 3.8) is 0 Å². The fourth-order valence-corrected chi connectivity index (χ4v) is 0.825. The molecule has 0 saturated carbocycles. The van der Waals surface area contributed by atoms with Gasteiger partial charge in [-0.15, -0.1) is 0 Å². The van der Waals surface area contributed by atoms with Gasteiger partial charge in [-0.3, -0.25) is 0 Å². The molecule has 0 bridgehead atoms. The van der Waals surface area contributed by atoms with Crippen molar-refractivity contribution in [1.82, 2.24) is 0 Å². The molecule has 0 aliphatic carbocycles. The Hall–Kier alpha value is -2.08. The molecule has 1 aromatic carbocycles. The van der Waals surface area contributed by atoms with E-state index in [4.69, 9.17) is 5.26 Å². The van der Waals surface area contributed by atoms with Crippen molar-refractivity contribution in [2.45, 2.75) is 0 Å². The Bertz CT molecular complexity index is 360. The topological polar surface area (TPSA) is 50.1 Å². The van der Waals surface area contributed by atoms with Gasteiger partial charge >= 0.3 is 5.97 Å². The Balaban J connectivity index is 2.87. The predicted octanol–water partition coefficient (Wildman–Crippen LogP) is 1.86. The number of rotatable bonds is 2. The Morgan fingerprint density at radius 3 is 2.54 bits per heavy atom. The first-order valence-corrected chi connectivity index (χ1v) is 3.60. The zero-order chi connectivity index (χ0) is 9.68. The van der Waals surface area contributed by atoms with E-state index in [-0.39, 0.29) is 0 Å². The van der Waals surface area contributed by atoms with E-state index in [9.17, 15) is 4.79 Å². The van der Waals surface area contributed by atoms with E-state index in [1.807, 2.05) is 6.07 Å². The van der Waals surface area contributed by atoms with Crippen molar-refractivity contribution in [3.05, 3.63) is 48.2 Å². The van der Waals surface area contributed by atoms with Crippen molar-refractivity contribution in [1.29, 1.82) is 5.26 Å². The number of carbonyl (C=O) groups excluding carboxylic acids is 1. The van der Waals surface area contributed by atoms with Crippen LogP contribution < -0.4 is 0 Å². The number of benzene rings is 1. The molecular formula is C10H7NO2. The summed E-state index contributed by atoms with van der Waals surface area (Å²) in [5.41, 5.74) is 0.911. The number of ether oxygens (including phenoxy) is 1. The highest BCUT2D eigenvalue weighted by atomic mass is 16.5. The largest absolute Gasteiger partial charge is 0.432 e. The van der Waals surface area contributed by atoms with E-state index in [1.165, 1.54) is 12.1 Å². The lowest BCUT2D eigenvalue weighted by atomic mass is 10.1. The molecule has 0 saturated heterocycles. The molecule has 64 valence electrons. The lowest BCUT2D eigenvalue weighted by molar-refractivity contribution is 0.0664. The van der Waals surface area contributed by atoms with E-state index < -0.39 is 5.97 Å². The van der Waals surface area contributed by atoms with Gasteiger partial charge in [-0.25, -0.2) is 4.79 Å². The summed E-state index contributed by atoms with van der Waals surface area (Å²) in [6.07, 6.45) is 1.07. The Kier molecular flexibility index (Phi) is 2.82. The van der Waals surface area contributed by atoms with Crippen LogP contribution in [0.4, 0.5) is 0 Å². The molecule has 0 unspecified atom stereocenters. The van der Waals surface area contributed by atoms with Gasteiger partial charge in [0, 0.05) is 0 Å². The van der Waals surface area contributed by atoms with Gasteiger partial charge < -0.3 is 4.74 Å². The third-order valence-electron chi connectivity index (χ3n) is 1.44. The highest BCUT2D eigenvalue weighted by Gasteiger charge is 2.04. The van der Waals surface area contributed by atoms with E-state index in [0.29, 0.717) is 11.1 Å². The standard InChI is InChI=1S/C10H7NO2/c1-2-13-10(12)9-5-3-8(7-11)4-6-9/h2-6H,1H2. The second-order valence-electron chi connectivity index (χ2n) is 2.26. The van der Waals surface area contributed by atoms with Crippen molar-refractivity contribution in [2.24, 2.45) is 0 Å². The summed E-state index contributed by atoms with van der Waals surface area (Å²) >= 11 is 0. The van der Waals surface area contributed by atoms with Gasteiger partial charge in [0.25, 0.3) is 0 Å². The van der Waals surface area contributed by atoms with Gasteiger partial charge in [0.2, 0.25) is 0 Å². The van der Waals surface area contributed by atoms with Crippen LogP contribution in [0, 0.1) is 11.3 Å². The van der Waals surface area contributed by atoms with Crippen molar-refractivity contribution in [3.8, 4) is 6.07 Å². The molecular weight excluding hydrogens is 166 g/mol. The fourth-order valence-electron chi connectivity index (χ4n) is 0.825. The molecule has 13 heavy (non-hydrogen) atoms. The van der Waals surface area contributed by atoms with Gasteiger partial charge in [-0.05, 0) is 24.3 Å². The van der Waals surface area contributed by atoms with Crippen LogP contribution in [0.3, 0.4) is 0 Å². The van der Waals surface area contributed by atoms with Crippen LogP contribution >= 0.6 is 0 Å². The number of nitrogens with zero attached hydrogens (tertiary/aromatic N) is 1. The van der Waals surface area contributed by atoms with Gasteiger partial charge in [0.15, 0.2) is 0 Å². The number of hydrogen-bond donors (Lipinski definition) is 0. The van der Waals surface area contributed by atoms with Crippen molar-refractivity contribution >= 4 is 5.97 Å². The third-order valence-corrected chi connectivity index (χ3v) is 1.44. The summed E-state index contributed by atoms with van der Waals surface area (Å²) in [5.74, 6) is -0.473. The van der Waals surface area contributed by atoms with Crippen LogP contribution in [-0.2, 0) is 4.74 Å². The Labute approximate surface area is 75.9 Å². The molecule has 1 rings (SSSR count). The number of esters is 1. The average Bonchev–Trinajstić information content (AvgIpc) is 2.18. The molecule has 1 aromatic rings. The molecule has 0 radical (unpaired) electrons. The predicted molar refractivity (Wildman–Crippen MR) is 46.8 cm³/mol. The van der Waals surface area contributed by atoms with Crippen LogP contribution in [0.1, 0.15) is 15.9 Å². The summed E-state index contributed by atoms with van der Waals surface area (Å²) in [6, 6.07) is 8.13. The molecule has 0 amide bonds. The Morgan fingerprint density at radius 1 is 1.46 bits per heavy atom. The van der Waals surface area contributed by atoms with Crippen LogP contribution in [0.5, 0.6) is 0 Å². The van der Waals surface area contributed by atoms with E-state index in [0.717, 1.165) is 6.26 Å². The van der Waals surface area contributed by atoms with Crippen molar-refractivity contribution in [2.75, 3.05) is 0 Å². The maximum absolute atomic E-state index is 11.1. The maximum atomic E-state index is 11.1. The van der Waals surface area contributed by atoms with Crippen molar-refractivity contribution < 1.29 is 9.53 Å². The van der Waals surface area contributed by atoms with Gasteiger partial charge in [-0.1, -0.05) is 6.58 Å². The minimum absolute atomic E-state index is 0.402. The molecule has 3 nitrogen and oxygen atoms in total. The van der Waals surface area contributed by atoms with Crippen LogP contribution in [0.15, 0.2) is 37.1 Å². The lowest BCUT2D eigenvalue weighted by Crippen LogP contribution is -1.99. The second-order valence-corrected chi connectivity index (χ2v) is 2.26. The molecule has 0 aliphatic heterocycles. The minimum Gasteiger partial charge on any atom is -0.432 e. The molecule has 0 N–H and O–H groups in total. The lowest BCUT2D eigenvalue weighted by Gasteiger charge is -1.97. The number of nitriles is 1. The minimum atomic E-state index is -0.473. The summed E-state index contributed by atoms with van der Waals surface area (Å²) in [6.45, 7) is 3.26. The van der Waals surface area contributed by atoms with Crippen LogP contribution in [0.25, 0.3) is 0 Å². The highest BCUT2D eigenvalue weighted by Crippen LogP contribution is 2.04. The fraction of sp³-hybridized carbons (Fsp3) is 0. The first-order valence-electron chi connectivity index (χ1n) is 3.60. The van der Waals surface area contributed by atoms with E-state index in [2.05, 4.69) is 11.3 Å². The molecule has 0 spiro atoms. The summed E-state index contributed by atoms with van der Waals surface area (Å²) in [7, 11) is 0. The number of carbonyl (C=O) groups is 1. The van der Waals surface area contributed by atoms with Gasteiger partial charge in [-0.2, -0.15) is 5.26 Å². The smallest absolute Gasteiger partial charge is 0.342 e. The average molecular weight is 173 g/mol. The maximum Gasteiger partial charge on any atom is 0.342 e. The zero-order valence-corrected chi connectivity index (χ0v) is 6.86. The molecule has 0 heterocycles. The van der Waals surface area contributed by atoms with E-state index in [1.54, 1.807) is 12.1 Å². The Morgan fingerprint density at radius 2 is 2.08 bits per heavy atom. The monoisotopic (exact) mass is 173 g/mol. The van der Waals surface area contributed by atoms with Gasteiger partial charge in [0.05, 0.1) is 23.5 Å².